The lowest BCUT2D eigenvalue weighted by Crippen LogP contribution is -2.41. The van der Waals surface area contributed by atoms with Gasteiger partial charge >= 0.3 is 6.03 Å². The fourth-order valence-corrected chi connectivity index (χ4v) is 3.32. The zero-order valence-corrected chi connectivity index (χ0v) is 13.1. The minimum absolute atomic E-state index is 0.0322. The first-order valence-corrected chi connectivity index (χ1v) is 8.51. The number of hydrogen-bond acceptors (Lipinski definition) is 1. The minimum Gasteiger partial charge on any atom is -0.338 e. The summed E-state index contributed by atoms with van der Waals surface area (Å²) in [5, 5.41) is 3.08. The zero-order valence-electron chi connectivity index (χ0n) is 13.1. The summed E-state index contributed by atoms with van der Waals surface area (Å²) >= 11 is 0. The third-order valence-electron chi connectivity index (χ3n) is 4.82. The van der Waals surface area contributed by atoms with E-state index in [2.05, 4.69) is 5.32 Å². The van der Waals surface area contributed by atoms with Crippen molar-refractivity contribution >= 4 is 6.03 Å². The van der Waals surface area contributed by atoms with Gasteiger partial charge in [0, 0.05) is 19.1 Å². The molecule has 22 heavy (non-hydrogen) atoms. The Morgan fingerprint density at radius 3 is 2.45 bits per heavy atom. The Balaban J connectivity index is 1.49. The van der Waals surface area contributed by atoms with E-state index in [-0.39, 0.29) is 11.8 Å². The van der Waals surface area contributed by atoms with Crippen molar-refractivity contribution in [3.8, 4) is 0 Å². The Kier molecular flexibility index (Phi) is 4.96. The summed E-state index contributed by atoms with van der Waals surface area (Å²) in [4.78, 5) is 14.3. The molecule has 1 N–H and O–H groups in total. The highest BCUT2D eigenvalue weighted by molar-refractivity contribution is 5.74. The number of rotatable bonds is 6. The molecule has 0 aromatic heterocycles. The summed E-state index contributed by atoms with van der Waals surface area (Å²) in [7, 11) is 0. The number of carbonyl (C=O) groups is 1. The Hall–Kier alpha value is -1.58. The summed E-state index contributed by atoms with van der Waals surface area (Å²) < 4.78 is 13.0. The molecule has 2 aliphatic rings. The molecular formula is C18H25FN2O. The van der Waals surface area contributed by atoms with Crippen molar-refractivity contribution < 1.29 is 9.18 Å². The molecule has 0 atom stereocenters. The molecule has 0 saturated heterocycles. The highest BCUT2D eigenvalue weighted by Crippen LogP contribution is 2.29. The number of carbonyl (C=O) groups excluding carboxylic acids is 1. The van der Waals surface area contributed by atoms with Crippen LogP contribution >= 0.6 is 0 Å². The van der Waals surface area contributed by atoms with E-state index in [0.29, 0.717) is 12.6 Å². The average Bonchev–Trinajstić information content (AvgIpc) is 3.23. The Labute approximate surface area is 131 Å². The molecule has 3 nitrogen and oxygen atoms in total. The predicted octanol–water partition coefficient (Wildman–Crippen LogP) is 4.08. The van der Waals surface area contributed by atoms with E-state index in [9.17, 15) is 9.18 Å². The van der Waals surface area contributed by atoms with Crippen LogP contribution in [-0.4, -0.2) is 23.5 Å². The van der Waals surface area contributed by atoms with E-state index >= 15 is 0 Å². The number of hydrogen-bond donors (Lipinski definition) is 1. The summed E-state index contributed by atoms with van der Waals surface area (Å²) in [5.41, 5.74) is 0.985. The smallest absolute Gasteiger partial charge is 0.317 e. The van der Waals surface area contributed by atoms with Gasteiger partial charge in [0.2, 0.25) is 0 Å². The number of halogens is 1. The van der Waals surface area contributed by atoms with Gasteiger partial charge in [-0.15, -0.1) is 0 Å². The van der Waals surface area contributed by atoms with E-state index < -0.39 is 0 Å². The predicted molar refractivity (Wildman–Crippen MR) is 84.9 cm³/mol. The zero-order chi connectivity index (χ0) is 15.4. The van der Waals surface area contributed by atoms with E-state index in [1.807, 2.05) is 4.90 Å². The van der Waals surface area contributed by atoms with Gasteiger partial charge in [0.05, 0.1) is 0 Å². The summed E-state index contributed by atoms with van der Waals surface area (Å²) in [6.07, 6.45) is 8.58. The topological polar surface area (TPSA) is 32.3 Å². The summed E-state index contributed by atoms with van der Waals surface area (Å²) in [6.45, 7) is 1.34. The monoisotopic (exact) mass is 304 g/mol. The summed E-state index contributed by atoms with van der Waals surface area (Å²) in [5.74, 6) is 0.564. The van der Waals surface area contributed by atoms with Crippen LogP contribution in [0, 0.1) is 11.7 Å². The van der Waals surface area contributed by atoms with E-state index in [0.717, 1.165) is 37.3 Å². The lowest BCUT2D eigenvalue weighted by Gasteiger charge is -2.23. The number of nitrogens with one attached hydrogen (secondary N) is 1. The maximum absolute atomic E-state index is 13.0. The molecule has 4 heteroatoms. The van der Waals surface area contributed by atoms with Gasteiger partial charge in [0.25, 0.3) is 0 Å². The van der Waals surface area contributed by atoms with Gasteiger partial charge in [-0.1, -0.05) is 37.8 Å². The highest BCUT2D eigenvalue weighted by atomic mass is 19.1. The van der Waals surface area contributed by atoms with E-state index in [1.54, 1.807) is 12.1 Å². The molecular weight excluding hydrogens is 279 g/mol. The van der Waals surface area contributed by atoms with Crippen molar-refractivity contribution in [3.05, 3.63) is 35.6 Å². The van der Waals surface area contributed by atoms with Crippen molar-refractivity contribution in [2.75, 3.05) is 6.54 Å². The first-order chi connectivity index (χ1) is 10.7. The maximum Gasteiger partial charge on any atom is 0.317 e. The molecule has 120 valence electrons. The quantitative estimate of drug-likeness (QED) is 0.844. The molecule has 0 aliphatic heterocycles. The lowest BCUT2D eigenvalue weighted by molar-refractivity contribution is 0.191. The number of amides is 2. The molecule has 1 aromatic carbocycles. The van der Waals surface area contributed by atoms with Gasteiger partial charge < -0.3 is 10.2 Å². The van der Waals surface area contributed by atoms with Crippen molar-refractivity contribution in [1.82, 2.24) is 10.2 Å². The van der Waals surface area contributed by atoms with Gasteiger partial charge in [0.1, 0.15) is 5.82 Å². The normalized spacial score (nSPS) is 18.4. The molecule has 0 spiro atoms. The molecule has 3 rings (SSSR count). The Morgan fingerprint density at radius 2 is 1.82 bits per heavy atom. The van der Waals surface area contributed by atoms with Crippen LogP contribution in [0.2, 0.25) is 0 Å². The van der Waals surface area contributed by atoms with Crippen LogP contribution in [0.15, 0.2) is 24.3 Å². The first kappa shape index (κ1) is 15.3. The molecule has 2 saturated carbocycles. The van der Waals surface area contributed by atoms with Crippen LogP contribution in [0.3, 0.4) is 0 Å². The molecule has 1 aromatic rings. The largest absolute Gasteiger partial charge is 0.338 e. The van der Waals surface area contributed by atoms with Crippen LogP contribution in [-0.2, 0) is 6.54 Å². The fourth-order valence-electron chi connectivity index (χ4n) is 3.32. The van der Waals surface area contributed by atoms with Crippen LogP contribution < -0.4 is 5.32 Å². The lowest BCUT2D eigenvalue weighted by atomic mass is 10.0. The molecule has 0 heterocycles. The highest BCUT2D eigenvalue weighted by Gasteiger charge is 2.32. The second-order valence-electron chi connectivity index (χ2n) is 6.66. The molecule has 0 bridgehead atoms. The van der Waals surface area contributed by atoms with Crippen LogP contribution in [0.5, 0.6) is 0 Å². The Bertz CT molecular complexity index is 492. The molecule has 2 amide bonds. The second kappa shape index (κ2) is 7.12. The minimum atomic E-state index is -0.234. The SMILES string of the molecule is O=C(NCCC1CCCC1)N(Cc1ccc(F)cc1)C1CC1. The third-order valence-corrected chi connectivity index (χ3v) is 4.82. The number of nitrogens with zero attached hydrogens (tertiary/aromatic N) is 1. The average molecular weight is 304 g/mol. The van der Waals surface area contributed by atoms with Gasteiger partial charge in [-0.2, -0.15) is 0 Å². The Morgan fingerprint density at radius 1 is 1.14 bits per heavy atom. The van der Waals surface area contributed by atoms with Crippen molar-refractivity contribution in [3.63, 3.8) is 0 Å². The number of urea groups is 1. The van der Waals surface area contributed by atoms with Crippen LogP contribution in [0.1, 0.15) is 50.5 Å². The summed E-state index contributed by atoms with van der Waals surface area (Å²) in [6, 6.07) is 6.82. The van der Waals surface area contributed by atoms with Gasteiger partial charge in [0.15, 0.2) is 0 Å². The molecule has 0 unspecified atom stereocenters. The van der Waals surface area contributed by atoms with E-state index in [4.69, 9.17) is 0 Å². The van der Waals surface area contributed by atoms with E-state index in [1.165, 1.54) is 37.8 Å². The van der Waals surface area contributed by atoms with Crippen LogP contribution in [0.25, 0.3) is 0 Å². The standard InChI is InChI=1S/C18H25FN2O/c19-16-7-5-15(6-8-16)13-21(17-9-10-17)18(22)20-12-11-14-3-1-2-4-14/h5-8,14,17H,1-4,9-13H2,(H,20,22). The van der Waals surface area contributed by atoms with Crippen molar-refractivity contribution in [1.29, 1.82) is 0 Å². The molecule has 2 fully saturated rings. The van der Waals surface area contributed by atoms with Crippen molar-refractivity contribution in [2.24, 2.45) is 5.92 Å². The number of benzene rings is 1. The van der Waals surface area contributed by atoms with Gasteiger partial charge in [-0.25, -0.2) is 9.18 Å². The van der Waals surface area contributed by atoms with Crippen LogP contribution in [0.4, 0.5) is 9.18 Å². The van der Waals surface area contributed by atoms with Gasteiger partial charge in [-0.3, -0.25) is 0 Å². The third kappa shape index (κ3) is 4.21. The maximum atomic E-state index is 13.0. The molecule has 2 aliphatic carbocycles. The fraction of sp³-hybridized carbons (Fsp3) is 0.611. The molecule has 0 radical (unpaired) electrons. The first-order valence-electron chi connectivity index (χ1n) is 8.51. The second-order valence-corrected chi connectivity index (χ2v) is 6.66. The van der Waals surface area contributed by atoms with Gasteiger partial charge in [-0.05, 0) is 42.9 Å². The van der Waals surface area contributed by atoms with Crippen molar-refractivity contribution in [2.45, 2.75) is 57.5 Å².